The van der Waals surface area contributed by atoms with Crippen molar-refractivity contribution >= 4 is 17.3 Å². The van der Waals surface area contributed by atoms with Crippen LogP contribution >= 0.6 is 11.3 Å². The molecule has 0 fully saturated rings. The first-order valence-corrected chi connectivity index (χ1v) is 7.39. The summed E-state index contributed by atoms with van der Waals surface area (Å²) in [6, 6.07) is 0. The largest absolute Gasteiger partial charge is 0.544 e. The molecule has 0 atom stereocenters. The maximum atomic E-state index is 10.9. The van der Waals surface area contributed by atoms with Gasteiger partial charge in [0.15, 0.2) is 0 Å². The Hall–Kier alpha value is -1.02. The van der Waals surface area contributed by atoms with Gasteiger partial charge in [-0.2, -0.15) is 0 Å². The molecule has 0 spiro atoms. The number of nitrogens with zero attached hydrogens (tertiary/aromatic N) is 1. The SMILES string of the molecule is COCC[NH+](CCOC)CCc1nc(C)c(C(=O)[O-])s1. The second-order valence-electron chi connectivity index (χ2n) is 4.55. The van der Waals surface area contributed by atoms with Crippen molar-refractivity contribution in [3.8, 4) is 0 Å². The summed E-state index contributed by atoms with van der Waals surface area (Å²) >= 11 is 1.21. The number of carboxylic acid groups (broad SMARTS) is 1. The topological polar surface area (TPSA) is 75.9 Å². The number of aromatic nitrogens is 1. The van der Waals surface area contributed by atoms with Crippen LogP contribution in [0, 0.1) is 6.92 Å². The molecule has 0 aliphatic carbocycles. The minimum Gasteiger partial charge on any atom is -0.544 e. The van der Waals surface area contributed by atoms with Crippen LogP contribution in [0.2, 0.25) is 0 Å². The quantitative estimate of drug-likeness (QED) is 0.571. The molecule has 0 aliphatic rings. The molecule has 0 bridgehead atoms. The fourth-order valence-electron chi connectivity index (χ4n) is 1.90. The zero-order valence-electron chi connectivity index (χ0n) is 12.2. The molecule has 7 heteroatoms. The van der Waals surface area contributed by atoms with Crippen molar-refractivity contribution in [3.05, 3.63) is 15.6 Å². The molecule has 0 radical (unpaired) electrons. The molecular formula is C13H22N2O4S. The van der Waals surface area contributed by atoms with E-state index in [1.165, 1.54) is 16.2 Å². The van der Waals surface area contributed by atoms with Gasteiger partial charge in [-0.1, -0.05) is 0 Å². The molecule has 0 amide bonds. The predicted molar refractivity (Wildman–Crippen MR) is 74.2 cm³/mol. The van der Waals surface area contributed by atoms with E-state index in [0.717, 1.165) is 31.1 Å². The third kappa shape index (κ3) is 5.54. The summed E-state index contributed by atoms with van der Waals surface area (Å²) in [7, 11) is 3.37. The Morgan fingerprint density at radius 3 is 2.30 bits per heavy atom. The summed E-state index contributed by atoms with van der Waals surface area (Å²) in [6.45, 7) is 5.77. The third-order valence-corrected chi connectivity index (χ3v) is 4.24. The second-order valence-corrected chi connectivity index (χ2v) is 5.63. The van der Waals surface area contributed by atoms with E-state index in [2.05, 4.69) is 4.98 Å². The number of rotatable bonds is 10. The van der Waals surface area contributed by atoms with Crippen LogP contribution in [0.25, 0.3) is 0 Å². The molecule has 0 saturated carbocycles. The highest BCUT2D eigenvalue weighted by Crippen LogP contribution is 2.17. The molecule has 1 aromatic rings. The van der Waals surface area contributed by atoms with Gasteiger partial charge in [0.2, 0.25) is 0 Å². The zero-order valence-corrected chi connectivity index (χ0v) is 13.0. The smallest absolute Gasteiger partial charge is 0.101 e. The lowest BCUT2D eigenvalue weighted by Gasteiger charge is -2.18. The molecule has 0 aliphatic heterocycles. The maximum Gasteiger partial charge on any atom is 0.101 e. The van der Waals surface area contributed by atoms with Gasteiger partial charge >= 0.3 is 0 Å². The summed E-state index contributed by atoms with van der Waals surface area (Å²) < 4.78 is 10.2. The Bertz CT molecular complexity index is 415. The first-order valence-electron chi connectivity index (χ1n) is 6.57. The number of aryl methyl sites for hydroxylation is 1. The van der Waals surface area contributed by atoms with Crippen molar-refractivity contribution < 1.29 is 24.3 Å². The van der Waals surface area contributed by atoms with Gasteiger partial charge in [0.1, 0.15) is 13.1 Å². The van der Waals surface area contributed by atoms with Gasteiger partial charge < -0.3 is 24.3 Å². The van der Waals surface area contributed by atoms with Gasteiger partial charge in [0, 0.05) is 20.6 Å². The zero-order chi connectivity index (χ0) is 15.0. The fraction of sp³-hybridized carbons (Fsp3) is 0.692. The van der Waals surface area contributed by atoms with Gasteiger partial charge in [-0.3, -0.25) is 0 Å². The fourth-order valence-corrected chi connectivity index (χ4v) is 2.80. The van der Waals surface area contributed by atoms with E-state index in [-0.39, 0.29) is 4.88 Å². The van der Waals surface area contributed by atoms with Crippen molar-refractivity contribution in [1.29, 1.82) is 0 Å². The van der Waals surface area contributed by atoms with Crippen LogP contribution in [0.5, 0.6) is 0 Å². The first-order chi connectivity index (χ1) is 9.58. The number of carbonyl (C=O) groups excluding carboxylic acids is 1. The van der Waals surface area contributed by atoms with Gasteiger partial charge in [-0.05, 0) is 6.92 Å². The van der Waals surface area contributed by atoms with Crippen LogP contribution in [0.3, 0.4) is 0 Å². The molecule has 114 valence electrons. The minimum absolute atomic E-state index is 0.232. The number of carbonyl (C=O) groups is 1. The summed E-state index contributed by atoms with van der Waals surface area (Å²) in [4.78, 5) is 16.8. The number of ether oxygens (including phenoxy) is 2. The Kier molecular flexibility index (Phi) is 7.68. The predicted octanol–water partition coefficient (Wildman–Crippen LogP) is -1.46. The Balaban J connectivity index is 2.52. The van der Waals surface area contributed by atoms with Crippen LogP contribution in [-0.4, -0.2) is 58.0 Å². The highest BCUT2D eigenvalue weighted by atomic mass is 32.1. The van der Waals surface area contributed by atoms with Crippen LogP contribution < -0.4 is 10.0 Å². The summed E-state index contributed by atoms with van der Waals surface area (Å²) in [5.74, 6) is -1.14. The third-order valence-electron chi connectivity index (χ3n) is 3.04. The maximum absolute atomic E-state index is 10.9. The molecule has 1 N–H and O–H groups in total. The highest BCUT2D eigenvalue weighted by molar-refractivity contribution is 7.13. The van der Waals surface area contributed by atoms with Gasteiger partial charge in [0.25, 0.3) is 0 Å². The van der Waals surface area contributed by atoms with Crippen LogP contribution in [0.15, 0.2) is 0 Å². The van der Waals surface area contributed by atoms with E-state index in [9.17, 15) is 9.90 Å². The van der Waals surface area contributed by atoms with E-state index in [0.29, 0.717) is 18.9 Å². The normalized spacial score (nSPS) is 11.2. The monoisotopic (exact) mass is 302 g/mol. The summed E-state index contributed by atoms with van der Waals surface area (Å²) in [6.07, 6.45) is 0.752. The summed E-state index contributed by atoms with van der Waals surface area (Å²) in [5.41, 5.74) is 0.542. The Labute approximate surface area is 123 Å². The van der Waals surface area contributed by atoms with Crippen molar-refractivity contribution in [2.45, 2.75) is 13.3 Å². The van der Waals surface area contributed by atoms with Gasteiger partial charge in [-0.25, -0.2) is 4.98 Å². The number of methoxy groups -OCH3 is 2. The van der Waals surface area contributed by atoms with E-state index >= 15 is 0 Å². The number of carboxylic acids is 1. The van der Waals surface area contributed by atoms with E-state index in [1.807, 2.05) is 0 Å². The molecular weight excluding hydrogens is 280 g/mol. The van der Waals surface area contributed by atoms with E-state index in [1.54, 1.807) is 21.1 Å². The molecule has 6 nitrogen and oxygen atoms in total. The van der Waals surface area contributed by atoms with Gasteiger partial charge in [-0.15, -0.1) is 11.3 Å². The van der Waals surface area contributed by atoms with Crippen molar-refractivity contribution in [3.63, 3.8) is 0 Å². The molecule has 1 rings (SSSR count). The summed E-state index contributed by atoms with van der Waals surface area (Å²) in [5, 5.41) is 11.7. The number of thiazole rings is 1. The first kappa shape index (κ1) is 17.0. The highest BCUT2D eigenvalue weighted by Gasteiger charge is 2.12. The Morgan fingerprint density at radius 1 is 1.25 bits per heavy atom. The molecule has 1 heterocycles. The second kappa shape index (κ2) is 9.02. The van der Waals surface area contributed by atoms with Gasteiger partial charge in [0.05, 0.1) is 41.3 Å². The lowest BCUT2D eigenvalue weighted by molar-refractivity contribution is -0.900. The molecule has 20 heavy (non-hydrogen) atoms. The van der Waals surface area contributed by atoms with Crippen LogP contribution in [0.1, 0.15) is 20.4 Å². The van der Waals surface area contributed by atoms with Crippen molar-refractivity contribution in [2.24, 2.45) is 0 Å². The lowest BCUT2D eigenvalue weighted by Crippen LogP contribution is -3.13. The molecule has 0 aromatic carbocycles. The van der Waals surface area contributed by atoms with E-state index < -0.39 is 5.97 Å². The molecule has 1 aromatic heterocycles. The molecule has 0 saturated heterocycles. The molecule has 0 unspecified atom stereocenters. The number of hydrogen-bond acceptors (Lipinski definition) is 6. The van der Waals surface area contributed by atoms with Crippen LogP contribution in [-0.2, 0) is 15.9 Å². The van der Waals surface area contributed by atoms with Crippen molar-refractivity contribution in [2.75, 3.05) is 47.1 Å². The van der Waals surface area contributed by atoms with Crippen molar-refractivity contribution in [1.82, 2.24) is 4.98 Å². The standard InChI is InChI=1S/C13H22N2O4S/c1-10-12(13(16)17)20-11(14-10)4-5-15(6-8-18-2)7-9-19-3/h4-9H2,1-3H3,(H,16,17). The number of quaternary nitrogens is 1. The number of nitrogens with one attached hydrogen (secondary N) is 1. The lowest BCUT2D eigenvalue weighted by atomic mass is 10.3. The van der Waals surface area contributed by atoms with Crippen LogP contribution in [0.4, 0.5) is 0 Å². The number of aromatic carboxylic acids is 1. The number of hydrogen-bond donors (Lipinski definition) is 1. The Morgan fingerprint density at radius 2 is 1.85 bits per heavy atom. The van der Waals surface area contributed by atoms with E-state index in [4.69, 9.17) is 9.47 Å². The average Bonchev–Trinajstić information content (AvgIpc) is 2.79. The average molecular weight is 302 g/mol. The minimum atomic E-state index is -1.14.